The highest BCUT2D eigenvalue weighted by atomic mass is 32.2. The van der Waals surface area contributed by atoms with Gasteiger partial charge in [-0.1, -0.05) is 13.0 Å². The summed E-state index contributed by atoms with van der Waals surface area (Å²) in [6, 6.07) is 5.06. The summed E-state index contributed by atoms with van der Waals surface area (Å²) in [5.41, 5.74) is 2.72. The van der Waals surface area contributed by atoms with Gasteiger partial charge in [-0.2, -0.15) is 11.8 Å². The lowest BCUT2D eigenvalue weighted by molar-refractivity contribution is -0.130. The molecule has 38 heavy (non-hydrogen) atoms. The van der Waals surface area contributed by atoms with Crippen LogP contribution in [0.5, 0.6) is 5.75 Å². The Kier molecular flexibility index (Phi) is 12.3. The highest BCUT2D eigenvalue weighted by Crippen LogP contribution is 2.20. The van der Waals surface area contributed by atoms with Crippen molar-refractivity contribution < 1.29 is 23.8 Å². The smallest absolute Gasteiger partial charge is 0.242 e. The van der Waals surface area contributed by atoms with Crippen LogP contribution < -0.4 is 20.7 Å². The highest BCUT2D eigenvalue weighted by Gasteiger charge is 2.27. The Morgan fingerprint density at radius 3 is 2.79 bits per heavy atom. The number of halogens is 1. The molecule has 0 fully saturated rings. The molecule has 10 heteroatoms. The number of thioether (sulfide) groups is 1. The molecular formula is C28H39FN4O4S. The monoisotopic (exact) mass is 546 g/mol. The summed E-state index contributed by atoms with van der Waals surface area (Å²) >= 11 is 1.59. The minimum absolute atomic E-state index is 0.193. The van der Waals surface area contributed by atoms with Crippen molar-refractivity contribution in [1.82, 2.24) is 20.9 Å². The van der Waals surface area contributed by atoms with Crippen LogP contribution in [-0.2, 0) is 29.0 Å². The van der Waals surface area contributed by atoms with Gasteiger partial charge >= 0.3 is 0 Å². The van der Waals surface area contributed by atoms with Gasteiger partial charge in [-0.05, 0) is 72.9 Å². The van der Waals surface area contributed by atoms with Crippen molar-refractivity contribution in [2.75, 3.05) is 25.2 Å². The number of aliphatic hydroxyl groups is 1. The number of aliphatic hydroxyl groups excluding tert-OH is 1. The second kappa shape index (κ2) is 15.7. The number of hydrogen-bond donors (Lipinski definition) is 4. The van der Waals surface area contributed by atoms with Gasteiger partial charge in [0.25, 0.3) is 0 Å². The summed E-state index contributed by atoms with van der Waals surface area (Å²) in [7, 11) is 0. The molecule has 3 atom stereocenters. The second-order valence-electron chi connectivity index (χ2n) is 9.57. The van der Waals surface area contributed by atoms with Gasteiger partial charge in [-0.25, -0.2) is 4.39 Å². The largest absolute Gasteiger partial charge is 0.493 e. The van der Waals surface area contributed by atoms with Gasteiger partial charge in [0.05, 0.1) is 18.8 Å². The van der Waals surface area contributed by atoms with E-state index in [4.69, 9.17) is 4.74 Å². The molecular weight excluding hydrogens is 507 g/mol. The van der Waals surface area contributed by atoms with E-state index < -0.39 is 24.0 Å². The number of aryl methyl sites for hydroxylation is 1. The fourth-order valence-corrected chi connectivity index (χ4v) is 4.80. The van der Waals surface area contributed by atoms with Gasteiger partial charge < -0.3 is 25.8 Å². The van der Waals surface area contributed by atoms with Crippen LogP contribution in [0.25, 0.3) is 0 Å². The van der Waals surface area contributed by atoms with E-state index in [1.807, 2.05) is 12.5 Å². The number of aromatic nitrogens is 1. The molecule has 3 rings (SSSR count). The Bertz CT molecular complexity index is 1060. The summed E-state index contributed by atoms with van der Waals surface area (Å²) in [6.07, 6.45) is 7.60. The van der Waals surface area contributed by atoms with Crippen LogP contribution in [0.1, 0.15) is 49.3 Å². The Balaban J connectivity index is 1.78. The molecule has 1 aliphatic heterocycles. The number of amides is 2. The number of carbonyl (C=O) groups excluding carboxylic acids is 2. The first-order chi connectivity index (χ1) is 18.4. The molecule has 1 unspecified atom stereocenters. The molecule has 1 aromatic carbocycles. The molecule has 0 saturated carbocycles. The quantitative estimate of drug-likeness (QED) is 0.383. The molecule has 0 radical (unpaired) electrons. The first-order valence-corrected chi connectivity index (χ1v) is 14.6. The molecule has 4 N–H and O–H groups in total. The molecule has 2 amide bonds. The van der Waals surface area contributed by atoms with Crippen LogP contribution >= 0.6 is 11.8 Å². The number of carbonyl (C=O) groups is 2. The highest BCUT2D eigenvalue weighted by molar-refractivity contribution is 7.98. The van der Waals surface area contributed by atoms with Gasteiger partial charge in [-0.15, -0.1) is 0 Å². The Hall–Kier alpha value is -2.69. The molecule has 0 aliphatic carbocycles. The summed E-state index contributed by atoms with van der Waals surface area (Å²) in [6.45, 7) is 3.12. The van der Waals surface area contributed by atoms with Gasteiger partial charge in [-0.3, -0.25) is 14.6 Å². The number of pyridine rings is 1. The average Bonchev–Trinajstić information content (AvgIpc) is 2.90. The van der Waals surface area contributed by atoms with Crippen LogP contribution in [-0.4, -0.2) is 65.3 Å². The van der Waals surface area contributed by atoms with E-state index in [1.54, 1.807) is 24.0 Å². The number of nitrogens with one attached hydrogen (secondary N) is 3. The molecule has 1 aliphatic rings. The van der Waals surface area contributed by atoms with Crippen LogP contribution in [0.15, 0.2) is 36.7 Å². The van der Waals surface area contributed by atoms with E-state index in [-0.39, 0.29) is 31.2 Å². The third-order valence-electron chi connectivity index (χ3n) is 6.45. The van der Waals surface area contributed by atoms with Gasteiger partial charge in [0.1, 0.15) is 17.6 Å². The predicted molar refractivity (Wildman–Crippen MR) is 148 cm³/mol. The van der Waals surface area contributed by atoms with Crippen LogP contribution in [0.3, 0.4) is 0 Å². The predicted octanol–water partition coefficient (Wildman–Crippen LogP) is 2.76. The Morgan fingerprint density at radius 2 is 2.00 bits per heavy atom. The first kappa shape index (κ1) is 29.9. The molecule has 2 aromatic rings. The van der Waals surface area contributed by atoms with E-state index in [0.29, 0.717) is 49.5 Å². The van der Waals surface area contributed by atoms with E-state index in [1.165, 1.54) is 12.1 Å². The third kappa shape index (κ3) is 9.89. The SMILES string of the molecule is CCc1cncc(CNC[C@@H](O)[C@@H]2Cc3cc(F)cc(c3)OCCCCC(=O)NC(CCSC)C(=O)N2)c1. The first-order valence-electron chi connectivity index (χ1n) is 13.2. The molecule has 0 saturated heterocycles. The maximum atomic E-state index is 14.4. The van der Waals surface area contributed by atoms with E-state index in [0.717, 1.165) is 17.5 Å². The summed E-state index contributed by atoms with van der Waals surface area (Å²) in [4.78, 5) is 30.1. The maximum Gasteiger partial charge on any atom is 0.242 e. The maximum absolute atomic E-state index is 14.4. The second-order valence-corrected chi connectivity index (χ2v) is 10.6. The van der Waals surface area contributed by atoms with Crippen molar-refractivity contribution in [3.05, 3.63) is 59.2 Å². The van der Waals surface area contributed by atoms with Gasteiger partial charge in [0, 0.05) is 38.0 Å². The zero-order valence-electron chi connectivity index (χ0n) is 22.2. The van der Waals surface area contributed by atoms with Crippen molar-refractivity contribution in [2.24, 2.45) is 0 Å². The lowest BCUT2D eigenvalue weighted by Crippen LogP contribution is -2.55. The number of fused-ring (bicyclic) bond motifs is 2. The topological polar surface area (TPSA) is 113 Å². The molecule has 208 valence electrons. The van der Waals surface area contributed by atoms with Crippen molar-refractivity contribution in [3.63, 3.8) is 0 Å². The summed E-state index contributed by atoms with van der Waals surface area (Å²) < 4.78 is 20.1. The fraction of sp³-hybridized carbons (Fsp3) is 0.536. The number of hydrogen-bond acceptors (Lipinski definition) is 7. The standard InChI is InChI=1S/C28H39FN4O4S/c1-3-19-10-21(16-30-15-19)17-31-18-26(34)25-13-20-11-22(29)14-23(12-20)37-8-5-4-6-27(35)32-24(7-9-38-2)28(36)33-25/h10-12,14-16,24-26,31,34H,3-9,13,17-18H2,1-2H3,(H,32,35)(H,33,36)/t24?,25-,26+/m0/s1. The van der Waals surface area contributed by atoms with Crippen LogP contribution in [0.2, 0.25) is 0 Å². The van der Waals surface area contributed by atoms with Crippen LogP contribution in [0.4, 0.5) is 4.39 Å². The number of nitrogens with zero attached hydrogens (tertiary/aromatic N) is 1. The molecule has 2 heterocycles. The summed E-state index contributed by atoms with van der Waals surface area (Å²) in [5.74, 6) is 0.0724. The lowest BCUT2D eigenvalue weighted by atomic mass is 9.99. The van der Waals surface area contributed by atoms with E-state index in [9.17, 15) is 19.1 Å². The number of benzene rings is 1. The molecule has 2 bridgehead atoms. The Morgan fingerprint density at radius 1 is 1.18 bits per heavy atom. The average molecular weight is 547 g/mol. The van der Waals surface area contributed by atoms with Crippen molar-refractivity contribution in [1.29, 1.82) is 0 Å². The minimum Gasteiger partial charge on any atom is -0.493 e. The third-order valence-corrected chi connectivity index (χ3v) is 7.09. The zero-order chi connectivity index (χ0) is 27.3. The molecule has 8 nitrogen and oxygen atoms in total. The van der Waals surface area contributed by atoms with E-state index in [2.05, 4.69) is 33.9 Å². The van der Waals surface area contributed by atoms with Crippen molar-refractivity contribution in [2.45, 2.75) is 70.2 Å². The van der Waals surface area contributed by atoms with Crippen LogP contribution in [0, 0.1) is 5.82 Å². The minimum atomic E-state index is -0.971. The normalized spacial score (nSPS) is 19.9. The zero-order valence-corrected chi connectivity index (χ0v) is 23.0. The van der Waals surface area contributed by atoms with Crippen molar-refractivity contribution in [3.8, 4) is 5.75 Å². The Labute approximate surface area is 228 Å². The fourth-order valence-electron chi connectivity index (χ4n) is 4.33. The molecule has 0 spiro atoms. The summed E-state index contributed by atoms with van der Waals surface area (Å²) in [5, 5.41) is 20.1. The molecule has 1 aromatic heterocycles. The number of ether oxygens (including phenoxy) is 1. The lowest BCUT2D eigenvalue weighted by Gasteiger charge is -2.27. The van der Waals surface area contributed by atoms with Gasteiger partial charge in [0.2, 0.25) is 11.8 Å². The number of rotatable bonds is 9. The van der Waals surface area contributed by atoms with E-state index >= 15 is 0 Å². The van der Waals surface area contributed by atoms with Gasteiger partial charge in [0.15, 0.2) is 0 Å². The van der Waals surface area contributed by atoms with Crippen molar-refractivity contribution >= 4 is 23.6 Å².